The van der Waals surface area contributed by atoms with E-state index in [9.17, 15) is 24.3 Å². The quantitative estimate of drug-likeness (QED) is 0.237. The Morgan fingerprint density at radius 3 is 2.00 bits per heavy atom. The molecule has 6 N–H and O–H groups in total. The number of aliphatic carboxylic acids is 1. The standard InChI is InChI=1S/C31H43N5O5/c1-18-15-19(2)24(20(3)16-18)35-29(41)34-23-17-21(33-28(40)32-7)11-12-22(23)26(37)36-25(27(38)39)31(30(4,5)6)13-9-8-10-14-31/h11-12,15-17,25H,8-10,13-14H2,1-7H3,(H,36,37)(H,38,39)(H2,32,33,40)(H2,34,35,41)/t25-/m1/s1. The molecule has 41 heavy (non-hydrogen) atoms. The zero-order valence-electron chi connectivity index (χ0n) is 25.1. The lowest BCUT2D eigenvalue weighted by atomic mass is 9.55. The zero-order valence-corrected chi connectivity index (χ0v) is 25.1. The molecule has 5 amide bonds. The van der Waals surface area contributed by atoms with Gasteiger partial charge < -0.3 is 31.7 Å². The molecule has 0 bridgehead atoms. The molecule has 0 spiro atoms. The van der Waals surface area contributed by atoms with Crippen LogP contribution in [0.15, 0.2) is 30.3 Å². The second kappa shape index (κ2) is 12.6. The van der Waals surface area contributed by atoms with Crippen molar-refractivity contribution in [2.75, 3.05) is 23.0 Å². The molecule has 0 heterocycles. The maximum absolute atomic E-state index is 13.7. The molecule has 3 rings (SSSR count). The Bertz CT molecular complexity index is 1300. The molecule has 0 saturated heterocycles. The van der Waals surface area contributed by atoms with E-state index in [1.807, 2.05) is 53.7 Å². The molecular formula is C31H43N5O5. The highest BCUT2D eigenvalue weighted by molar-refractivity contribution is 6.08. The third-order valence-corrected chi connectivity index (χ3v) is 8.23. The summed E-state index contributed by atoms with van der Waals surface area (Å²) < 4.78 is 0. The monoisotopic (exact) mass is 565 g/mol. The Balaban J connectivity index is 1.97. The van der Waals surface area contributed by atoms with Crippen LogP contribution >= 0.6 is 0 Å². The van der Waals surface area contributed by atoms with Crippen LogP contribution in [0.2, 0.25) is 0 Å². The van der Waals surface area contributed by atoms with Crippen molar-refractivity contribution in [1.29, 1.82) is 0 Å². The SMILES string of the molecule is CNC(=O)Nc1ccc(C(=O)N[C@H](C(=O)O)C2(C(C)(C)C)CCCCC2)c(NC(=O)Nc2c(C)cc(C)cc2C)c1. The van der Waals surface area contributed by atoms with Crippen LogP contribution in [0, 0.1) is 31.6 Å². The molecule has 1 fully saturated rings. The Labute approximate surface area is 242 Å². The third-order valence-electron chi connectivity index (χ3n) is 8.23. The smallest absolute Gasteiger partial charge is 0.326 e. The van der Waals surface area contributed by atoms with Crippen LogP contribution in [0.5, 0.6) is 0 Å². The normalized spacial score (nSPS) is 15.3. The summed E-state index contributed by atoms with van der Waals surface area (Å²) in [7, 11) is 1.47. The first kappa shape index (κ1) is 31.4. The van der Waals surface area contributed by atoms with Gasteiger partial charge in [0.05, 0.1) is 11.3 Å². The Hall–Kier alpha value is -4.08. The maximum Gasteiger partial charge on any atom is 0.326 e. The van der Waals surface area contributed by atoms with Crippen LogP contribution in [0.1, 0.15) is 79.9 Å². The van der Waals surface area contributed by atoms with Gasteiger partial charge in [0.25, 0.3) is 5.91 Å². The van der Waals surface area contributed by atoms with Crippen LogP contribution in [0.3, 0.4) is 0 Å². The number of carbonyl (C=O) groups excluding carboxylic acids is 3. The van der Waals surface area contributed by atoms with Crippen LogP contribution < -0.4 is 26.6 Å². The van der Waals surface area contributed by atoms with Crippen LogP contribution in [0.25, 0.3) is 0 Å². The number of anilines is 3. The van der Waals surface area contributed by atoms with E-state index >= 15 is 0 Å². The minimum Gasteiger partial charge on any atom is -0.480 e. The average molecular weight is 566 g/mol. The van der Waals surface area contributed by atoms with Crippen molar-refractivity contribution >= 4 is 41.0 Å². The van der Waals surface area contributed by atoms with Crippen molar-refractivity contribution in [3.05, 3.63) is 52.6 Å². The molecule has 2 aromatic rings. The lowest BCUT2D eigenvalue weighted by molar-refractivity contribution is -0.148. The number of carboxylic acids is 1. The number of carboxylic acid groups (broad SMARTS) is 1. The second-order valence-corrected chi connectivity index (χ2v) is 12.0. The predicted molar refractivity (Wildman–Crippen MR) is 162 cm³/mol. The third kappa shape index (κ3) is 7.17. The fourth-order valence-electron chi connectivity index (χ4n) is 6.06. The molecule has 1 atom stereocenters. The highest BCUT2D eigenvalue weighted by Gasteiger charge is 2.52. The minimum absolute atomic E-state index is 0.0751. The summed E-state index contributed by atoms with van der Waals surface area (Å²) >= 11 is 0. The van der Waals surface area contributed by atoms with Crippen molar-refractivity contribution in [3.8, 4) is 0 Å². The van der Waals surface area contributed by atoms with Gasteiger partial charge in [-0.3, -0.25) is 4.79 Å². The summed E-state index contributed by atoms with van der Waals surface area (Å²) in [5.74, 6) is -1.72. The Morgan fingerprint density at radius 1 is 0.854 bits per heavy atom. The van der Waals surface area contributed by atoms with E-state index in [1.54, 1.807) is 0 Å². The summed E-state index contributed by atoms with van der Waals surface area (Å²) in [4.78, 5) is 51.4. The summed E-state index contributed by atoms with van der Waals surface area (Å²) in [5.41, 5.74) is 3.00. The molecule has 2 aromatic carbocycles. The van der Waals surface area contributed by atoms with Crippen molar-refractivity contribution < 1.29 is 24.3 Å². The summed E-state index contributed by atoms with van der Waals surface area (Å²) in [6.07, 6.45) is 4.18. The van der Waals surface area contributed by atoms with E-state index in [-0.39, 0.29) is 16.7 Å². The van der Waals surface area contributed by atoms with Gasteiger partial charge in [0.2, 0.25) is 0 Å². The second-order valence-electron chi connectivity index (χ2n) is 12.0. The molecule has 10 heteroatoms. The predicted octanol–water partition coefficient (Wildman–Crippen LogP) is 6.19. The van der Waals surface area contributed by atoms with E-state index in [1.165, 1.54) is 25.2 Å². The number of hydrogen-bond donors (Lipinski definition) is 6. The molecular weight excluding hydrogens is 522 g/mol. The number of urea groups is 2. The molecule has 1 aliphatic rings. The van der Waals surface area contributed by atoms with Gasteiger partial charge in [0, 0.05) is 23.8 Å². The molecule has 1 aliphatic carbocycles. The van der Waals surface area contributed by atoms with Crippen LogP contribution in [0.4, 0.5) is 26.7 Å². The number of nitrogens with one attached hydrogen (secondary N) is 5. The summed E-state index contributed by atoms with van der Waals surface area (Å²) in [5, 5.41) is 23.8. The summed E-state index contributed by atoms with van der Waals surface area (Å²) in [6.45, 7) is 11.8. The van der Waals surface area contributed by atoms with Gasteiger partial charge in [-0.2, -0.15) is 0 Å². The highest BCUT2D eigenvalue weighted by atomic mass is 16.4. The molecule has 10 nitrogen and oxygen atoms in total. The van der Waals surface area contributed by atoms with Gasteiger partial charge in [-0.05, 0) is 68.4 Å². The lowest BCUT2D eigenvalue weighted by Gasteiger charge is -2.51. The molecule has 0 radical (unpaired) electrons. The van der Waals surface area contributed by atoms with Gasteiger partial charge in [-0.1, -0.05) is 57.7 Å². The van der Waals surface area contributed by atoms with Crippen LogP contribution in [-0.2, 0) is 4.79 Å². The van der Waals surface area contributed by atoms with E-state index in [4.69, 9.17) is 0 Å². The van der Waals surface area contributed by atoms with Gasteiger partial charge in [-0.25, -0.2) is 14.4 Å². The number of aryl methyl sites for hydroxylation is 3. The lowest BCUT2D eigenvalue weighted by Crippen LogP contribution is -2.58. The Kier molecular flexibility index (Phi) is 9.68. The van der Waals surface area contributed by atoms with Crippen molar-refractivity contribution in [2.24, 2.45) is 10.8 Å². The molecule has 0 aliphatic heterocycles. The molecule has 0 aromatic heterocycles. The van der Waals surface area contributed by atoms with Gasteiger partial charge in [0.1, 0.15) is 6.04 Å². The molecule has 0 unspecified atom stereocenters. The average Bonchev–Trinajstić information content (AvgIpc) is 2.88. The van der Waals surface area contributed by atoms with E-state index in [0.717, 1.165) is 36.0 Å². The van der Waals surface area contributed by atoms with Crippen molar-refractivity contribution in [1.82, 2.24) is 10.6 Å². The van der Waals surface area contributed by atoms with Crippen molar-refractivity contribution in [2.45, 2.75) is 79.7 Å². The van der Waals surface area contributed by atoms with Gasteiger partial charge in [-0.15, -0.1) is 0 Å². The fourth-order valence-corrected chi connectivity index (χ4v) is 6.06. The van der Waals surface area contributed by atoms with E-state index < -0.39 is 35.4 Å². The number of rotatable bonds is 7. The van der Waals surface area contributed by atoms with Gasteiger partial charge >= 0.3 is 18.0 Å². The van der Waals surface area contributed by atoms with E-state index in [2.05, 4.69) is 26.6 Å². The maximum atomic E-state index is 13.7. The first-order chi connectivity index (χ1) is 19.2. The van der Waals surface area contributed by atoms with E-state index in [0.29, 0.717) is 24.2 Å². The first-order valence-electron chi connectivity index (χ1n) is 14.0. The van der Waals surface area contributed by atoms with Gasteiger partial charge in [0.15, 0.2) is 0 Å². The zero-order chi connectivity index (χ0) is 30.5. The fraction of sp³-hybridized carbons (Fsp3) is 0.484. The molecule has 1 saturated carbocycles. The topological polar surface area (TPSA) is 149 Å². The number of carbonyl (C=O) groups is 4. The highest BCUT2D eigenvalue weighted by Crippen LogP contribution is 2.52. The first-order valence-corrected chi connectivity index (χ1v) is 14.0. The Morgan fingerprint density at radius 2 is 1.46 bits per heavy atom. The number of amides is 5. The summed E-state index contributed by atoms with van der Waals surface area (Å²) in [6, 6.07) is 6.18. The number of hydrogen-bond acceptors (Lipinski definition) is 4. The molecule has 222 valence electrons. The largest absolute Gasteiger partial charge is 0.480 e. The minimum atomic E-state index is -1.13. The van der Waals surface area contributed by atoms with Crippen LogP contribution in [-0.4, -0.2) is 42.1 Å². The van der Waals surface area contributed by atoms with Crippen molar-refractivity contribution in [3.63, 3.8) is 0 Å². The number of benzene rings is 2.